The minimum atomic E-state index is -3.21. The van der Waals surface area contributed by atoms with Crippen LogP contribution in [-0.4, -0.2) is 30.6 Å². The Morgan fingerprint density at radius 2 is 1.95 bits per heavy atom. The summed E-state index contributed by atoms with van der Waals surface area (Å²) in [5, 5.41) is 9.79. The Bertz CT molecular complexity index is 559. The maximum Gasteiger partial charge on any atom is 0.158 e. The molecule has 0 saturated carbocycles. The van der Waals surface area contributed by atoms with Crippen LogP contribution < -0.4 is 4.74 Å². The summed E-state index contributed by atoms with van der Waals surface area (Å²) in [7, 11) is -3.21. The summed E-state index contributed by atoms with van der Waals surface area (Å²) in [4.78, 5) is 0. The maximum atomic E-state index is 11.9. The van der Waals surface area contributed by atoms with E-state index >= 15 is 0 Å². The third-order valence-corrected chi connectivity index (χ3v) is 5.85. The molecular formula is C14H21ClO4S. The molecule has 114 valence electrons. The van der Waals surface area contributed by atoms with Crippen molar-refractivity contribution in [3.63, 3.8) is 0 Å². The van der Waals surface area contributed by atoms with E-state index in [1.807, 2.05) is 0 Å². The van der Waals surface area contributed by atoms with Gasteiger partial charge >= 0.3 is 0 Å². The van der Waals surface area contributed by atoms with Crippen molar-refractivity contribution < 1.29 is 18.3 Å². The third kappa shape index (κ3) is 4.36. The molecular weight excluding hydrogens is 300 g/mol. The molecule has 0 aliphatic heterocycles. The summed E-state index contributed by atoms with van der Waals surface area (Å²) in [6.07, 6.45) is -0.609. The minimum absolute atomic E-state index is 0.0490. The van der Waals surface area contributed by atoms with Crippen LogP contribution >= 0.6 is 11.6 Å². The number of aliphatic hydroxyl groups is 1. The lowest BCUT2D eigenvalue weighted by molar-refractivity contribution is 0.199. The fourth-order valence-electron chi connectivity index (χ4n) is 1.46. The first-order valence-electron chi connectivity index (χ1n) is 6.37. The molecule has 6 heteroatoms. The van der Waals surface area contributed by atoms with Crippen molar-refractivity contribution in [1.29, 1.82) is 0 Å². The van der Waals surface area contributed by atoms with Crippen LogP contribution in [0.3, 0.4) is 0 Å². The summed E-state index contributed by atoms with van der Waals surface area (Å²) in [6.45, 7) is 6.67. The van der Waals surface area contributed by atoms with E-state index in [0.717, 1.165) is 0 Å². The second kappa shape index (κ2) is 6.33. The second-order valence-electron chi connectivity index (χ2n) is 5.65. The molecule has 0 aliphatic rings. The fourth-order valence-corrected chi connectivity index (χ4v) is 2.62. The molecule has 0 fully saturated rings. The molecule has 1 aromatic carbocycles. The number of halogens is 1. The molecule has 0 radical (unpaired) electrons. The zero-order valence-corrected chi connectivity index (χ0v) is 13.8. The van der Waals surface area contributed by atoms with Gasteiger partial charge in [0.15, 0.2) is 9.84 Å². The molecule has 0 aliphatic carbocycles. The van der Waals surface area contributed by atoms with Crippen LogP contribution in [0.15, 0.2) is 18.2 Å². The Morgan fingerprint density at radius 3 is 2.40 bits per heavy atom. The van der Waals surface area contributed by atoms with Gasteiger partial charge in [-0.1, -0.05) is 17.7 Å². The topological polar surface area (TPSA) is 63.6 Å². The molecule has 1 rings (SSSR count). The molecule has 0 heterocycles. The van der Waals surface area contributed by atoms with Crippen molar-refractivity contribution in [2.45, 2.75) is 38.5 Å². The van der Waals surface area contributed by atoms with Crippen LogP contribution in [0.2, 0.25) is 5.02 Å². The molecule has 0 aromatic heterocycles. The summed E-state index contributed by atoms with van der Waals surface area (Å²) in [6, 6.07) is 4.94. The predicted octanol–water partition coefficient (Wildman–Crippen LogP) is 2.99. The Labute approximate surface area is 125 Å². The summed E-state index contributed by atoms with van der Waals surface area (Å²) >= 11 is 6.03. The van der Waals surface area contributed by atoms with Gasteiger partial charge in [-0.3, -0.25) is 0 Å². The van der Waals surface area contributed by atoms with Crippen LogP contribution in [0.5, 0.6) is 5.75 Å². The van der Waals surface area contributed by atoms with E-state index in [1.165, 1.54) is 0 Å². The SMILES string of the molecule is C[C@@H](O)c1ccc(OCCS(=O)(=O)C(C)(C)C)c(Cl)c1. The first-order valence-corrected chi connectivity index (χ1v) is 8.40. The number of hydrogen-bond acceptors (Lipinski definition) is 4. The van der Waals surface area contributed by atoms with Crippen molar-refractivity contribution >= 4 is 21.4 Å². The van der Waals surface area contributed by atoms with Gasteiger partial charge in [-0.15, -0.1) is 0 Å². The number of ether oxygens (including phenoxy) is 1. The lowest BCUT2D eigenvalue weighted by Gasteiger charge is -2.19. The highest BCUT2D eigenvalue weighted by molar-refractivity contribution is 7.92. The second-order valence-corrected chi connectivity index (χ2v) is 8.92. The monoisotopic (exact) mass is 320 g/mol. The first kappa shape index (κ1) is 17.3. The molecule has 1 N–H and O–H groups in total. The highest BCUT2D eigenvalue weighted by Crippen LogP contribution is 2.28. The van der Waals surface area contributed by atoms with Gasteiger partial charge in [-0.05, 0) is 45.4 Å². The third-order valence-electron chi connectivity index (χ3n) is 2.98. The van der Waals surface area contributed by atoms with Gasteiger partial charge in [0.1, 0.15) is 12.4 Å². The molecule has 4 nitrogen and oxygen atoms in total. The zero-order chi connectivity index (χ0) is 15.6. The Balaban J connectivity index is 2.68. The molecule has 1 atom stereocenters. The van der Waals surface area contributed by atoms with Gasteiger partial charge in [0.25, 0.3) is 0 Å². The molecule has 0 saturated heterocycles. The van der Waals surface area contributed by atoms with Crippen LogP contribution in [-0.2, 0) is 9.84 Å². The fraction of sp³-hybridized carbons (Fsp3) is 0.571. The number of rotatable bonds is 5. The van der Waals surface area contributed by atoms with Crippen LogP contribution in [0.1, 0.15) is 39.4 Å². The summed E-state index contributed by atoms with van der Waals surface area (Å²) < 4.78 is 28.5. The van der Waals surface area contributed by atoms with Crippen LogP contribution in [0.25, 0.3) is 0 Å². The van der Waals surface area contributed by atoms with E-state index in [4.69, 9.17) is 16.3 Å². The maximum absolute atomic E-state index is 11.9. The van der Waals surface area contributed by atoms with Crippen molar-refractivity contribution in [3.8, 4) is 5.75 Å². The van der Waals surface area contributed by atoms with E-state index in [2.05, 4.69) is 0 Å². The number of hydrogen-bond donors (Lipinski definition) is 1. The Kier molecular flexibility index (Phi) is 5.46. The quantitative estimate of drug-likeness (QED) is 0.906. The van der Waals surface area contributed by atoms with E-state index in [0.29, 0.717) is 16.3 Å². The molecule has 0 spiro atoms. The molecule has 1 aromatic rings. The normalized spacial score (nSPS) is 14.1. The highest BCUT2D eigenvalue weighted by atomic mass is 35.5. The molecule has 0 unspecified atom stereocenters. The van der Waals surface area contributed by atoms with E-state index in [1.54, 1.807) is 45.9 Å². The van der Waals surface area contributed by atoms with Crippen LogP contribution in [0, 0.1) is 0 Å². The Morgan fingerprint density at radius 1 is 1.35 bits per heavy atom. The van der Waals surface area contributed by atoms with Crippen molar-refractivity contribution in [3.05, 3.63) is 28.8 Å². The number of sulfone groups is 1. The predicted molar refractivity (Wildman–Crippen MR) is 81.1 cm³/mol. The van der Waals surface area contributed by atoms with Crippen molar-refractivity contribution in [1.82, 2.24) is 0 Å². The lowest BCUT2D eigenvalue weighted by Crippen LogP contribution is -2.32. The van der Waals surface area contributed by atoms with Gasteiger partial charge in [-0.25, -0.2) is 8.42 Å². The smallest absolute Gasteiger partial charge is 0.158 e. The summed E-state index contributed by atoms with van der Waals surface area (Å²) in [5.41, 5.74) is 0.685. The van der Waals surface area contributed by atoms with E-state index in [-0.39, 0.29) is 12.4 Å². The minimum Gasteiger partial charge on any atom is -0.491 e. The van der Waals surface area contributed by atoms with Crippen molar-refractivity contribution in [2.24, 2.45) is 0 Å². The highest BCUT2D eigenvalue weighted by Gasteiger charge is 2.28. The molecule has 0 amide bonds. The zero-order valence-electron chi connectivity index (χ0n) is 12.2. The van der Waals surface area contributed by atoms with Crippen molar-refractivity contribution in [2.75, 3.05) is 12.4 Å². The van der Waals surface area contributed by atoms with Gasteiger partial charge < -0.3 is 9.84 Å². The first-order chi connectivity index (χ1) is 9.04. The average Bonchev–Trinajstić information content (AvgIpc) is 2.29. The van der Waals surface area contributed by atoms with Crippen LogP contribution in [0.4, 0.5) is 0 Å². The number of benzene rings is 1. The van der Waals surface area contributed by atoms with Gasteiger partial charge in [0.05, 0.1) is 21.6 Å². The van der Waals surface area contributed by atoms with Gasteiger partial charge in [0.2, 0.25) is 0 Å². The Hall–Kier alpha value is -0.780. The lowest BCUT2D eigenvalue weighted by atomic mass is 10.1. The van der Waals surface area contributed by atoms with Gasteiger partial charge in [0, 0.05) is 0 Å². The average molecular weight is 321 g/mol. The largest absolute Gasteiger partial charge is 0.491 e. The van der Waals surface area contributed by atoms with Gasteiger partial charge in [-0.2, -0.15) is 0 Å². The van der Waals surface area contributed by atoms with E-state index < -0.39 is 20.7 Å². The molecule has 20 heavy (non-hydrogen) atoms. The summed E-state index contributed by atoms with van der Waals surface area (Å²) in [5.74, 6) is 0.352. The standard InChI is InChI=1S/C14H21ClO4S/c1-10(16)11-5-6-13(12(15)9-11)19-7-8-20(17,18)14(2,3)4/h5-6,9-10,16H,7-8H2,1-4H3/t10-/m1/s1. The molecule has 0 bridgehead atoms. The number of aliphatic hydroxyl groups excluding tert-OH is 1. The van der Waals surface area contributed by atoms with E-state index in [9.17, 15) is 13.5 Å².